The average Bonchev–Trinajstić information content (AvgIpc) is 2.80. The Labute approximate surface area is 144 Å². The van der Waals surface area contributed by atoms with Crippen molar-refractivity contribution in [2.24, 2.45) is 0 Å². The van der Waals surface area contributed by atoms with Gasteiger partial charge < -0.3 is 0 Å². The molecule has 0 spiro atoms. The minimum Gasteiger partial charge on any atom is -0.279 e. The van der Waals surface area contributed by atoms with Gasteiger partial charge in [-0.25, -0.2) is 9.97 Å². The Morgan fingerprint density at radius 2 is 1.95 bits per heavy atom. The smallest absolute Gasteiger partial charge is 0.164 e. The third-order valence-corrected chi connectivity index (χ3v) is 4.38. The highest BCUT2D eigenvalue weighted by atomic mass is 79.9. The molecule has 6 heteroatoms. The molecule has 2 aromatic heterocycles. The number of alkyl halides is 1. The molecule has 21 heavy (non-hydrogen) atoms. The summed E-state index contributed by atoms with van der Waals surface area (Å²) >= 11 is 13.3. The summed E-state index contributed by atoms with van der Waals surface area (Å²) in [6, 6.07) is 8.09. The first-order valence-corrected chi connectivity index (χ1v) is 8.44. The van der Waals surface area contributed by atoms with E-state index in [9.17, 15) is 0 Å². The van der Waals surface area contributed by atoms with Gasteiger partial charge in [0.25, 0.3) is 0 Å². The van der Waals surface area contributed by atoms with Gasteiger partial charge in [-0.2, -0.15) is 0 Å². The van der Waals surface area contributed by atoms with E-state index < -0.39 is 0 Å². The highest BCUT2D eigenvalue weighted by Gasteiger charge is 2.18. The molecule has 108 valence electrons. The molecule has 0 aliphatic rings. The van der Waals surface area contributed by atoms with E-state index in [1.807, 2.05) is 23.6 Å². The zero-order valence-corrected chi connectivity index (χ0v) is 15.4. The standard InChI is InChI=1S/C15H12Br2ClN3/c1-8-3-4-10(16)6-13(8)21-14(9(2)18)20-12-5-11(17)7-19-15(12)21/h3-7,9H,1-2H3. The van der Waals surface area contributed by atoms with Crippen LogP contribution < -0.4 is 0 Å². The Morgan fingerprint density at radius 1 is 1.19 bits per heavy atom. The van der Waals surface area contributed by atoms with Crippen molar-refractivity contribution < 1.29 is 0 Å². The molecular weight excluding hydrogens is 417 g/mol. The second kappa shape index (κ2) is 5.71. The molecule has 0 aliphatic heterocycles. The summed E-state index contributed by atoms with van der Waals surface area (Å²) in [7, 11) is 0. The van der Waals surface area contributed by atoms with Gasteiger partial charge in [-0.3, -0.25) is 4.57 Å². The molecule has 0 N–H and O–H groups in total. The van der Waals surface area contributed by atoms with Gasteiger partial charge in [0.1, 0.15) is 11.3 Å². The number of pyridine rings is 1. The zero-order valence-electron chi connectivity index (χ0n) is 11.4. The highest BCUT2D eigenvalue weighted by molar-refractivity contribution is 9.10. The highest BCUT2D eigenvalue weighted by Crippen LogP contribution is 2.30. The van der Waals surface area contributed by atoms with Gasteiger partial charge in [0.2, 0.25) is 0 Å². The lowest BCUT2D eigenvalue weighted by Crippen LogP contribution is -2.04. The van der Waals surface area contributed by atoms with Crippen LogP contribution in [0.2, 0.25) is 0 Å². The predicted octanol–water partition coefficient (Wildman–Crippen LogP) is 5.55. The molecule has 0 radical (unpaired) electrons. The Bertz CT molecular complexity index is 827. The fourth-order valence-corrected chi connectivity index (χ4v) is 3.10. The van der Waals surface area contributed by atoms with Crippen LogP contribution in [0.3, 0.4) is 0 Å². The minimum atomic E-state index is -0.212. The van der Waals surface area contributed by atoms with Gasteiger partial charge in [-0.05, 0) is 53.5 Å². The number of imidazole rings is 1. The number of fused-ring (bicyclic) bond motifs is 1. The molecule has 0 bridgehead atoms. The van der Waals surface area contributed by atoms with E-state index in [1.165, 1.54) is 0 Å². The summed E-state index contributed by atoms with van der Waals surface area (Å²) in [5.74, 6) is 0.790. The van der Waals surface area contributed by atoms with Crippen LogP contribution in [-0.4, -0.2) is 14.5 Å². The van der Waals surface area contributed by atoms with E-state index in [2.05, 4.69) is 60.9 Å². The van der Waals surface area contributed by atoms with E-state index in [0.717, 1.165) is 37.2 Å². The van der Waals surface area contributed by atoms with Crippen molar-refractivity contribution in [1.82, 2.24) is 14.5 Å². The number of aromatic nitrogens is 3. The third-order valence-electron chi connectivity index (χ3n) is 3.26. The maximum atomic E-state index is 6.33. The number of halogens is 3. The normalized spacial score (nSPS) is 12.8. The molecule has 0 amide bonds. The molecule has 1 unspecified atom stereocenters. The van der Waals surface area contributed by atoms with Crippen LogP contribution in [0.5, 0.6) is 0 Å². The summed E-state index contributed by atoms with van der Waals surface area (Å²) < 4.78 is 3.94. The van der Waals surface area contributed by atoms with Gasteiger partial charge in [0.15, 0.2) is 5.65 Å². The first kappa shape index (κ1) is 15.0. The molecule has 3 nitrogen and oxygen atoms in total. The Balaban J connectivity index is 2.39. The lowest BCUT2D eigenvalue weighted by molar-refractivity contribution is 0.872. The SMILES string of the molecule is Cc1ccc(Br)cc1-n1c(C(C)Cl)nc2cc(Br)cnc21. The van der Waals surface area contributed by atoms with E-state index in [1.54, 1.807) is 6.20 Å². The number of hydrogen-bond acceptors (Lipinski definition) is 2. The maximum absolute atomic E-state index is 6.33. The fraction of sp³-hybridized carbons (Fsp3) is 0.200. The van der Waals surface area contributed by atoms with Gasteiger partial charge in [0, 0.05) is 15.1 Å². The van der Waals surface area contributed by atoms with Gasteiger partial charge >= 0.3 is 0 Å². The molecular formula is C15H12Br2ClN3. The van der Waals surface area contributed by atoms with Crippen LogP contribution in [0.15, 0.2) is 39.4 Å². The van der Waals surface area contributed by atoms with Gasteiger partial charge in [-0.15, -0.1) is 11.6 Å². The number of aryl methyl sites for hydroxylation is 1. The number of benzene rings is 1. The second-order valence-corrected chi connectivity index (χ2v) is 7.33. The summed E-state index contributed by atoms with van der Waals surface area (Å²) in [5.41, 5.74) is 3.80. The summed E-state index contributed by atoms with van der Waals surface area (Å²) in [6.07, 6.45) is 1.77. The van der Waals surface area contributed by atoms with Crippen molar-refractivity contribution >= 4 is 54.6 Å². The third kappa shape index (κ3) is 2.74. The molecule has 0 fully saturated rings. The van der Waals surface area contributed by atoms with Crippen LogP contribution in [0.4, 0.5) is 0 Å². The van der Waals surface area contributed by atoms with Crippen molar-refractivity contribution in [3.05, 3.63) is 50.8 Å². The van der Waals surface area contributed by atoms with Crippen molar-refractivity contribution in [2.45, 2.75) is 19.2 Å². The van der Waals surface area contributed by atoms with Crippen LogP contribution in [-0.2, 0) is 0 Å². The van der Waals surface area contributed by atoms with Crippen molar-refractivity contribution in [3.63, 3.8) is 0 Å². The van der Waals surface area contributed by atoms with Crippen molar-refractivity contribution in [2.75, 3.05) is 0 Å². The molecule has 0 saturated carbocycles. The molecule has 3 rings (SSSR count). The first-order valence-electron chi connectivity index (χ1n) is 6.42. The number of hydrogen-bond donors (Lipinski definition) is 0. The van der Waals surface area contributed by atoms with Crippen molar-refractivity contribution in [1.29, 1.82) is 0 Å². The van der Waals surface area contributed by atoms with Crippen LogP contribution in [0.1, 0.15) is 23.7 Å². The summed E-state index contributed by atoms with van der Waals surface area (Å²) in [4.78, 5) is 9.15. The Hall–Kier alpha value is -0.910. The maximum Gasteiger partial charge on any atom is 0.164 e. The van der Waals surface area contributed by atoms with Crippen molar-refractivity contribution in [3.8, 4) is 5.69 Å². The first-order chi connectivity index (χ1) is 9.97. The van der Waals surface area contributed by atoms with Crippen LogP contribution in [0.25, 0.3) is 16.9 Å². The lowest BCUT2D eigenvalue weighted by Gasteiger charge is -2.13. The van der Waals surface area contributed by atoms with E-state index in [4.69, 9.17) is 11.6 Å². The summed E-state index contributed by atoms with van der Waals surface area (Å²) in [6.45, 7) is 3.98. The predicted molar refractivity (Wildman–Crippen MR) is 93.3 cm³/mol. The van der Waals surface area contributed by atoms with Gasteiger partial charge in [-0.1, -0.05) is 22.0 Å². The largest absolute Gasteiger partial charge is 0.279 e. The van der Waals surface area contributed by atoms with Crippen LogP contribution >= 0.6 is 43.5 Å². The molecule has 1 aromatic carbocycles. The number of nitrogens with zero attached hydrogens (tertiary/aromatic N) is 3. The quantitative estimate of drug-likeness (QED) is 0.500. The molecule has 0 aliphatic carbocycles. The van der Waals surface area contributed by atoms with Gasteiger partial charge in [0.05, 0.1) is 11.1 Å². The Morgan fingerprint density at radius 3 is 2.67 bits per heavy atom. The average molecular weight is 430 g/mol. The zero-order chi connectivity index (χ0) is 15.1. The second-order valence-electron chi connectivity index (χ2n) is 4.85. The molecule has 1 atom stereocenters. The monoisotopic (exact) mass is 427 g/mol. The lowest BCUT2D eigenvalue weighted by atomic mass is 10.2. The molecule has 0 saturated heterocycles. The van der Waals surface area contributed by atoms with E-state index in [-0.39, 0.29) is 5.38 Å². The Kier molecular flexibility index (Phi) is 4.08. The topological polar surface area (TPSA) is 30.7 Å². The van der Waals surface area contributed by atoms with E-state index >= 15 is 0 Å². The van der Waals surface area contributed by atoms with E-state index in [0.29, 0.717) is 0 Å². The molecule has 3 aromatic rings. The minimum absolute atomic E-state index is 0.212. The molecule has 2 heterocycles. The summed E-state index contributed by atoms with van der Waals surface area (Å²) in [5, 5.41) is -0.212. The fourth-order valence-electron chi connectivity index (χ4n) is 2.29. The number of rotatable bonds is 2. The van der Waals surface area contributed by atoms with Crippen LogP contribution in [0, 0.1) is 6.92 Å².